The van der Waals surface area contributed by atoms with Crippen LogP contribution in [0.2, 0.25) is 0 Å². The number of anilines is 1. The number of aryl methyl sites for hydroxylation is 1. The fraction of sp³-hybridized carbons (Fsp3) is 0.348. The second-order valence-corrected chi connectivity index (χ2v) is 9.98. The normalized spacial score (nSPS) is 20.4. The molecule has 7 nitrogen and oxygen atoms in total. The lowest BCUT2D eigenvalue weighted by Gasteiger charge is -2.37. The van der Waals surface area contributed by atoms with Gasteiger partial charge in [-0.05, 0) is 45.0 Å². The maximum atomic E-state index is 13.4. The van der Waals surface area contributed by atoms with Crippen molar-refractivity contribution >= 4 is 26.7 Å². The van der Waals surface area contributed by atoms with Gasteiger partial charge in [0.15, 0.2) is 11.1 Å². The van der Waals surface area contributed by atoms with Crippen LogP contribution in [0.4, 0.5) is 5.82 Å². The van der Waals surface area contributed by atoms with Gasteiger partial charge in [-0.2, -0.15) is 5.26 Å². The Bertz CT molecular complexity index is 1240. The van der Waals surface area contributed by atoms with Crippen molar-refractivity contribution in [2.45, 2.75) is 43.1 Å². The summed E-state index contributed by atoms with van der Waals surface area (Å²) in [5.41, 5.74) is 2.30. The molecular weight excluding hydrogens is 412 g/mol. The van der Waals surface area contributed by atoms with Crippen molar-refractivity contribution in [3.63, 3.8) is 0 Å². The topological polar surface area (TPSA) is 96.2 Å². The summed E-state index contributed by atoms with van der Waals surface area (Å²) in [6.45, 7) is 6.87. The lowest BCUT2D eigenvalue weighted by atomic mass is 10.2. The Hall–Kier alpha value is -3.02. The van der Waals surface area contributed by atoms with Crippen molar-refractivity contribution in [1.29, 1.82) is 5.26 Å². The van der Waals surface area contributed by atoms with Gasteiger partial charge in [0.25, 0.3) is 0 Å². The first-order valence-corrected chi connectivity index (χ1v) is 11.7. The second kappa shape index (κ2) is 8.25. The first-order chi connectivity index (χ1) is 14.8. The summed E-state index contributed by atoms with van der Waals surface area (Å²) < 4.78 is 32.7. The molecule has 1 fully saturated rings. The molecule has 0 amide bonds. The molecule has 1 aliphatic rings. The summed E-state index contributed by atoms with van der Waals surface area (Å²) >= 11 is 0. The Morgan fingerprint density at radius 1 is 1.03 bits per heavy atom. The minimum atomic E-state index is -4.00. The molecule has 31 heavy (non-hydrogen) atoms. The van der Waals surface area contributed by atoms with E-state index in [4.69, 9.17) is 9.72 Å². The van der Waals surface area contributed by atoms with Gasteiger partial charge in [-0.15, -0.1) is 0 Å². The van der Waals surface area contributed by atoms with Gasteiger partial charge in [0, 0.05) is 13.1 Å². The number of hydrogen-bond donors (Lipinski definition) is 0. The minimum Gasteiger partial charge on any atom is -0.372 e. The van der Waals surface area contributed by atoms with Crippen LogP contribution in [0.3, 0.4) is 0 Å². The molecular formula is C23H24N4O3S. The largest absolute Gasteiger partial charge is 0.372 e. The number of hydrogen-bond acceptors (Lipinski definition) is 7. The number of aromatic nitrogens is 2. The molecule has 0 aliphatic carbocycles. The van der Waals surface area contributed by atoms with Crippen LogP contribution in [0.25, 0.3) is 11.0 Å². The Kier molecular flexibility index (Phi) is 5.65. The monoisotopic (exact) mass is 436 g/mol. The Balaban J connectivity index is 1.90. The number of nitrogens with zero attached hydrogens (tertiary/aromatic N) is 4. The number of ether oxygens (including phenoxy) is 1. The summed E-state index contributed by atoms with van der Waals surface area (Å²) in [5, 5.41) is 8.51. The molecule has 1 aliphatic heterocycles. The smallest absolute Gasteiger partial charge is 0.200 e. The molecule has 1 aromatic heterocycles. The van der Waals surface area contributed by atoms with Gasteiger partial charge in [0.1, 0.15) is 5.69 Å². The first kappa shape index (κ1) is 21.2. The average molecular weight is 437 g/mol. The number of benzene rings is 2. The second-order valence-electron chi connectivity index (χ2n) is 7.95. The Morgan fingerprint density at radius 3 is 2.19 bits per heavy atom. The van der Waals surface area contributed by atoms with Gasteiger partial charge in [-0.3, -0.25) is 0 Å². The van der Waals surface area contributed by atoms with Gasteiger partial charge in [0.05, 0.1) is 34.2 Å². The van der Waals surface area contributed by atoms with Crippen LogP contribution >= 0.6 is 0 Å². The molecule has 3 atom stereocenters. The molecule has 0 radical (unpaired) electrons. The minimum absolute atomic E-state index is 0.0564. The number of fused-ring (bicyclic) bond motifs is 1. The number of morpholine rings is 1. The summed E-state index contributed by atoms with van der Waals surface area (Å²) in [4.78, 5) is 11.5. The summed E-state index contributed by atoms with van der Waals surface area (Å²) in [7, 11) is -4.00. The van der Waals surface area contributed by atoms with Crippen molar-refractivity contribution < 1.29 is 13.2 Å². The van der Waals surface area contributed by atoms with E-state index in [-0.39, 0.29) is 22.8 Å². The maximum absolute atomic E-state index is 13.4. The molecule has 0 bridgehead atoms. The van der Waals surface area contributed by atoms with E-state index in [1.165, 1.54) is 12.1 Å². The molecule has 1 saturated heterocycles. The first-order valence-electron chi connectivity index (χ1n) is 10.2. The fourth-order valence-corrected chi connectivity index (χ4v) is 5.28. The van der Waals surface area contributed by atoms with E-state index in [0.29, 0.717) is 29.9 Å². The zero-order chi connectivity index (χ0) is 22.2. The van der Waals surface area contributed by atoms with Crippen molar-refractivity contribution in [3.8, 4) is 6.07 Å². The average Bonchev–Trinajstić information content (AvgIpc) is 2.73. The van der Waals surface area contributed by atoms with Crippen LogP contribution < -0.4 is 4.90 Å². The van der Waals surface area contributed by atoms with Crippen LogP contribution in [-0.2, 0) is 14.6 Å². The fourth-order valence-electron chi connectivity index (χ4n) is 3.91. The van der Waals surface area contributed by atoms with Gasteiger partial charge in [-0.25, -0.2) is 18.4 Å². The Morgan fingerprint density at radius 2 is 1.61 bits per heavy atom. The van der Waals surface area contributed by atoms with Gasteiger partial charge in [0.2, 0.25) is 9.84 Å². The van der Waals surface area contributed by atoms with Gasteiger partial charge >= 0.3 is 0 Å². The zero-order valence-corrected chi connectivity index (χ0v) is 18.5. The lowest BCUT2D eigenvalue weighted by molar-refractivity contribution is -0.00550. The third-order valence-electron chi connectivity index (χ3n) is 5.32. The van der Waals surface area contributed by atoms with Crippen LogP contribution in [0, 0.1) is 18.3 Å². The lowest BCUT2D eigenvalue weighted by Crippen LogP contribution is -2.46. The molecule has 0 saturated carbocycles. The van der Waals surface area contributed by atoms with E-state index in [1.807, 2.05) is 49.9 Å². The van der Waals surface area contributed by atoms with Crippen LogP contribution in [0.5, 0.6) is 0 Å². The molecule has 0 spiro atoms. The van der Waals surface area contributed by atoms with Crippen molar-refractivity contribution in [2.24, 2.45) is 0 Å². The van der Waals surface area contributed by atoms with Gasteiger partial charge < -0.3 is 9.64 Å². The highest BCUT2D eigenvalue weighted by Crippen LogP contribution is 2.35. The predicted octanol–water partition coefficient (Wildman–Crippen LogP) is 3.59. The molecule has 8 heteroatoms. The van der Waals surface area contributed by atoms with Gasteiger partial charge in [-0.1, -0.05) is 29.8 Å². The third kappa shape index (κ3) is 4.11. The summed E-state index contributed by atoms with van der Waals surface area (Å²) in [6, 6.07) is 15.8. The number of nitriles is 1. The molecule has 0 N–H and O–H groups in total. The van der Waals surface area contributed by atoms with E-state index < -0.39 is 15.1 Å². The van der Waals surface area contributed by atoms with Crippen molar-refractivity contribution in [1.82, 2.24) is 9.97 Å². The summed E-state index contributed by atoms with van der Waals surface area (Å²) in [5.74, 6) is 0.419. The van der Waals surface area contributed by atoms with Crippen molar-refractivity contribution in [3.05, 3.63) is 59.8 Å². The highest BCUT2D eigenvalue weighted by molar-refractivity contribution is 7.92. The van der Waals surface area contributed by atoms with Crippen LogP contribution in [0.15, 0.2) is 53.4 Å². The van der Waals surface area contributed by atoms with Crippen LogP contribution in [-0.4, -0.2) is 43.7 Å². The molecule has 0 unspecified atom stereocenters. The zero-order valence-electron chi connectivity index (χ0n) is 17.7. The highest BCUT2D eigenvalue weighted by Gasteiger charge is 2.36. The van der Waals surface area contributed by atoms with Crippen LogP contribution in [0.1, 0.15) is 30.4 Å². The van der Waals surface area contributed by atoms with E-state index in [9.17, 15) is 13.7 Å². The SMILES string of the molecule is Cc1ccc(S(=O)(=O)[C@@H](C#N)c2nc3ccccc3nc2N2C[C@H](C)O[C@@H](C)C2)cc1. The molecule has 4 rings (SSSR count). The van der Waals surface area contributed by atoms with Crippen molar-refractivity contribution in [2.75, 3.05) is 18.0 Å². The van der Waals surface area contributed by atoms with E-state index in [2.05, 4.69) is 4.98 Å². The molecule has 2 aromatic carbocycles. The molecule has 160 valence electrons. The number of sulfone groups is 1. The maximum Gasteiger partial charge on any atom is 0.200 e. The number of rotatable bonds is 4. The molecule has 2 heterocycles. The quantitative estimate of drug-likeness (QED) is 0.616. The third-order valence-corrected chi connectivity index (χ3v) is 7.20. The number of para-hydroxylation sites is 2. The van der Waals surface area contributed by atoms with E-state index in [0.717, 1.165) is 5.56 Å². The molecule has 3 aromatic rings. The predicted molar refractivity (Wildman–Crippen MR) is 118 cm³/mol. The summed E-state index contributed by atoms with van der Waals surface area (Å²) in [6.07, 6.45) is -0.113. The standard InChI is InChI=1S/C23H24N4O3S/c1-15-8-10-18(11-9-15)31(28,29)21(12-24)22-23(27-13-16(2)30-17(3)14-27)26-20-7-5-4-6-19(20)25-22/h4-11,16-17,21H,13-14H2,1-3H3/t16-,17-,21-/m0/s1. The Labute approximate surface area is 182 Å². The van der Waals surface area contributed by atoms with E-state index in [1.54, 1.807) is 18.2 Å². The highest BCUT2D eigenvalue weighted by atomic mass is 32.2. The van der Waals surface area contributed by atoms with E-state index >= 15 is 0 Å².